The number of likely N-dealkylation sites (tertiary alicyclic amines) is 1. The highest BCUT2D eigenvalue weighted by Crippen LogP contribution is 2.29. The molecule has 1 aliphatic rings. The van der Waals surface area contributed by atoms with Gasteiger partial charge in [0.25, 0.3) is 5.91 Å². The molecule has 0 spiro atoms. The maximum absolute atomic E-state index is 12.3. The van der Waals surface area contributed by atoms with Gasteiger partial charge in [-0.1, -0.05) is 6.92 Å². The van der Waals surface area contributed by atoms with Gasteiger partial charge in [-0.15, -0.1) is 12.4 Å². The van der Waals surface area contributed by atoms with E-state index in [0.717, 1.165) is 13.0 Å². The molecule has 1 aliphatic heterocycles. The van der Waals surface area contributed by atoms with Gasteiger partial charge in [-0.2, -0.15) is 0 Å². The second-order valence-electron chi connectivity index (χ2n) is 5.43. The summed E-state index contributed by atoms with van der Waals surface area (Å²) in [6.07, 6.45) is 0.925. The number of rotatable bonds is 3. The molecule has 2 amide bonds. The van der Waals surface area contributed by atoms with E-state index in [2.05, 4.69) is 6.92 Å². The van der Waals surface area contributed by atoms with Gasteiger partial charge >= 0.3 is 0 Å². The summed E-state index contributed by atoms with van der Waals surface area (Å²) in [5.74, 6) is -0.510. The van der Waals surface area contributed by atoms with E-state index in [4.69, 9.17) is 11.5 Å². The standard InChI is InChI=1S/C14H19N3O2.ClH/c1-14(8-15)6-7-17(9-14)13(19)11-4-2-10(3-5-11)12(16)18;/h2-5H,6-9,15H2,1H3,(H2,16,18);1H. The van der Waals surface area contributed by atoms with Crippen molar-refractivity contribution in [3.05, 3.63) is 35.4 Å². The molecule has 2 rings (SSSR count). The molecular weight excluding hydrogens is 278 g/mol. The van der Waals surface area contributed by atoms with Gasteiger partial charge in [0.1, 0.15) is 0 Å². The number of primary amides is 1. The van der Waals surface area contributed by atoms with Crippen molar-refractivity contribution in [3.63, 3.8) is 0 Å². The molecule has 0 bridgehead atoms. The molecule has 1 saturated heterocycles. The van der Waals surface area contributed by atoms with Gasteiger partial charge in [-0.05, 0) is 42.6 Å². The fourth-order valence-corrected chi connectivity index (χ4v) is 2.32. The highest BCUT2D eigenvalue weighted by Gasteiger charge is 2.35. The van der Waals surface area contributed by atoms with Crippen LogP contribution >= 0.6 is 12.4 Å². The van der Waals surface area contributed by atoms with E-state index in [1.165, 1.54) is 0 Å². The zero-order valence-corrected chi connectivity index (χ0v) is 12.3. The van der Waals surface area contributed by atoms with Gasteiger partial charge in [0.2, 0.25) is 5.91 Å². The Kier molecular flexibility index (Phi) is 5.14. The van der Waals surface area contributed by atoms with Crippen molar-refractivity contribution < 1.29 is 9.59 Å². The van der Waals surface area contributed by atoms with E-state index >= 15 is 0 Å². The van der Waals surface area contributed by atoms with Crippen LogP contribution in [0.3, 0.4) is 0 Å². The lowest BCUT2D eigenvalue weighted by atomic mass is 9.90. The van der Waals surface area contributed by atoms with E-state index in [1.807, 2.05) is 4.90 Å². The molecule has 1 fully saturated rings. The average molecular weight is 298 g/mol. The van der Waals surface area contributed by atoms with Gasteiger partial charge < -0.3 is 16.4 Å². The normalized spacial score (nSPS) is 21.4. The molecule has 1 aromatic carbocycles. The minimum Gasteiger partial charge on any atom is -0.366 e. The molecule has 1 heterocycles. The molecule has 110 valence electrons. The molecule has 4 N–H and O–H groups in total. The van der Waals surface area contributed by atoms with Gasteiger partial charge in [0, 0.05) is 24.2 Å². The van der Waals surface area contributed by atoms with Crippen LogP contribution in [0.1, 0.15) is 34.1 Å². The van der Waals surface area contributed by atoms with Gasteiger partial charge in [-0.25, -0.2) is 0 Å². The number of nitrogens with two attached hydrogens (primary N) is 2. The van der Waals surface area contributed by atoms with Crippen molar-refractivity contribution in [2.45, 2.75) is 13.3 Å². The highest BCUT2D eigenvalue weighted by molar-refractivity contribution is 5.97. The van der Waals surface area contributed by atoms with Crippen molar-refractivity contribution in [1.29, 1.82) is 0 Å². The molecule has 6 heteroatoms. The third-order valence-electron chi connectivity index (χ3n) is 3.75. The summed E-state index contributed by atoms with van der Waals surface area (Å²) >= 11 is 0. The van der Waals surface area contributed by atoms with Crippen LogP contribution in [0.2, 0.25) is 0 Å². The van der Waals surface area contributed by atoms with Crippen molar-refractivity contribution >= 4 is 24.2 Å². The molecule has 0 aliphatic carbocycles. The lowest BCUT2D eigenvalue weighted by Crippen LogP contribution is -2.34. The lowest BCUT2D eigenvalue weighted by molar-refractivity contribution is 0.0776. The zero-order valence-electron chi connectivity index (χ0n) is 11.5. The summed E-state index contributed by atoms with van der Waals surface area (Å²) in [7, 11) is 0. The highest BCUT2D eigenvalue weighted by atomic mass is 35.5. The molecule has 0 radical (unpaired) electrons. The van der Waals surface area contributed by atoms with Crippen LogP contribution in [0.4, 0.5) is 0 Å². The number of halogens is 1. The Labute approximate surface area is 124 Å². The summed E-state index contributed by atoms with van der Waals surface area (Å²) < 4.78 is 0. The van der Waals surface area contributed by atoms with Crippen LogP contribution < -0.4 is 11.5 Å². The minimum absolute atomic E-state index is 0. The predicted octanol–water partition coefficient (Wildman–Crippen LogP) is 1.02. The van der Waals surface area contributed by atoms with E-state index in [1.54, 1.807) is 24.3 Å². The quantitative estimate of drug-likeness (QED) is 0.873. The summed E-state index contributed by atoms with van der Waals surface area (Å²) in [5, 5.41) is 0. The molecule has 1 unspecified atom stereocenters. The number of carbonyl (C=O) groups is 2. The second kappa shape index (κ2) is 6.24. The van der Waals surface area contributed by atoms with Crippen LogP contribution in [0.15, 0.2) is 24.3 Å². The lowest BCUT2D eigenvalue weighted by Gasteiger charge is -2.22. The Morgan fingerprint density at radius 2 is 1.80 bits per heavy atom. The summed E-state index contributed by atoms with van der Waals surface area (Å²) in [6, 6.07) is 6.43. The van der Waals surface area contributed by atoms with Gasteiger partial charge in [0.05, 0.1) is 0 Å². The third kappa shape index (κ3) is 3.29. The smallest absolute Gasteiger partial charge is 0.253 e. The van der Waals surface area contributed by atoms with Crippen LogP contribution in [0.25, 0.3) is 0 Å². The second-order valence-corrected chi connectivity index (χ2v) is 5.43. The number of benzene rings is 1. The zero-order chi connectivity index (χ0) is 14.0. The molecule has 1 aromatic rings. The van der Waals surface area contributed by atoms with Gasteiger partial charge in [0.15, 0.2) is 0 Å². The first-order chi connectivity index (χ1) is 8.95. The average Bonchev–Trinajstić information content (AvgIpc) is 2.81. The van der Waals surface area contributed by atoms with Crippen molar-refractivity contribution in [3.8, 4) is 0 Å². The van der Waals surface area contributed by atoms with Crippen LogP contribution in [0.5, 0.6) is 0 Å². The number of amides is 2. The summed E-state index contributed by atoms with van der Waals surface area (Å²) in [4.78, 5) is 25.1. The predicted molar refractivity (Wildman–Crippen MR) is 79.9 cm³/mol. The van der Waals surface area contributed by atoms with E-state index in [-0.39, 0.29) is 23.7 Å². The topological polar surface area (TPSA) is 89.4 Å². The van der Waals surface area contributed by atoms with Crippen molar-refractivity contribution in [2.75, 3.05) is 19.6 Å². The first kappa shape index (κ1) is 16.5. The Morgan fingerprint density at radius 1 is 1.25 bits per heavy atom. The Hall–Kier alpha value is -1.59. The first-order valence-electron chi connectivity index (χ1n) is 6.34. The van der Waals surface area contributed by atoms with E-state index in [9.17, 15) is 9.59 Å². The maximum atomic E-state index is 12.3. The number of nitrogens with zero attached hydrogens (tertiary/aromatic N) is 1. The number of hydrogen-bond acceptors (Lipinski definition) is 3. The van der Waals surface area contributed by atoms with Crippen LogP contribution in [0, 0.1) is 5.41 Å². The molecule has 0 aromatic heterocycles. The van der Waals surface area contributed by atoms with E-state index < -0.39 is 5.91 Å². The van der Waals surface area contributed by atoms with Gasteiger partial charge in [-0.3, -0.25) is 9.59 Å². The summed E-state index contributed by atoms with van der Waals surface area (Å²) in [5.41, 5.74) is 11.9. The van der Waals surface area contributed by atoms with Crippen LogP contribution in [-0.4, -0.2) is 36.3 Å². The number of hydrogen-bond donors (Lipinski definition) is 2. The molecular formula is C14H20ClN3O2. The molecule has 0 saturated carbocycles. The maximum Gasteiger partial charge on any atom is 0.253 e. The fourth-order valence-electron chi connectivity index (χ4n) is 2.32. The Balaban J connectivity index is 0.00000200. The van der Waals surface area contributed by atoms with Crippen LogP contribution in [-0.2, 0) is 0 Å². The largest absolute Gasteiger partial charge is 0.366 e. The SMILES string of the molecule is CC1(CN)CCN(C(=O)c2ccc(C(N)=O)cc2)C1.Cl. The molecule has 20 heavy (non-hydrogen) atoms. The summed E-state index contributed by atoms with van der Waals surface area (Å²) in [6.45, 7) is 4.08. The molecule has 5 nitrogen and oxygen atoms in total. The van der Waals surface area contributed by atoms with Crippen molar-refractivity contribution in [2.24, 2.45) is 16.9 Å². The van der Waals surface area contributed by atoms with E-state index in [0.29, 0.717) is 24.2 Å². The Morgan fingerprint density at radius 3 is 2.25 bits per heavy atom. The fraction of sp³-hybridized carbons (Fsp3) is 0.429. The minimum atomic E-state index is -0.490. The number of carbonyl (C=O) groups excluding carboxylic acids is 2. The van der Waals surface area contributed by atoms with Crippen molar-refractivity contribution in [1.82, 2.24) is 4.90 Å². The molecule has 1 atom stereocenters. The first-order valence-corrected chi connectivity index (χ1v) is 6.34. The Bertz CT molecular complexity index is 504. The third-order valence-corrected chi connectivity index (χ3v) is 3.75. The monoisotopic (exact) mass is 297 g/mol.